The maximum Gasteiger partial charge on any atom is 0.0431 e. The molecule has 0 atom stereocenters. The lowest BCUT2D eigenvalue weighted by atomic mass is 10.1. The summed E-state index contributed by atoms with van der Waals surface area (Å²) in [7, 11) is 0. The maximum absolute atomic E-state index is 8.64. The zero-order chi connectivity index (χ0) is 13.3. The summed E-state index contributed by atoms with van der Waals surface area (Å²) in [6.45, 7) is 2.59. The van der Waals surface area contributed by atoms with Gasteiger partial charge in [-0.15, -0.1) is 11.8 Å². The summed E-state index contributed by atoms with van der Waals surface area (Å²) in [6.07, 6.45) is 16.2. The minimum absolute atomic E-state index is 0.358. The summed E-state index contributed by atoms with van der Waals surface area (Å²) >= 11 is 0. The van der Waals surface area contributed by atoms with Crippen molar-refractivity contribution in [2.45, 2.75) is 90.4 Å². The van der Waals surface area contributed by atoms with Gasteiger partial charge in [-0.1, -0.05) is 58.3 Å². The van der Waals surface area contributed by atoms with Crippen molar-refractivity contribution >= 4 is 0 Å². The molecular formula is C17H32O. The number of unbranched alkanes of at least 4 members (excludes halogenated alkanes) is 11. The standard InChI is InChI=1S/C17H32O/c1-2-3-4-5-6-7-8-9-10-11-12-13-14-15-16-17-18/h18H,2-5,8-17H2,1H3. The molecule has 0 aromatic carbocycles. The molecule has 0 amide bonds. The van der Waals surface area contributed by atoms with Crippen molar-refractivity contribution in [3.8, 4) is 11.8 Å². The molecule has 0 saturated heterocycles. The van der Waals surface area contributed by atoms with Crippen LogP contribution in [0.15, 0.2) is 0 Å². The molecule has 18 heavy (non-hydrogen) atoms. The maximum atomic E-state index is 8.64. The van der Waals surface area contributed by atoms with Gasteiger partial charge in [0.05, 0.1) is 0 Å². The largest absolute Gasteiger partial charge is 0.396 e. The normalized spacial score (nSPS) is 10.1. The lowest BCUT2D eigenvalue weighted by Crippen LogP contribution is -1.84. The second kappa shape index (κ2) is 16.5. The zero-order valence-electron chi connectivity index (χ0n) is 12.3. The van der Waals surface area contributed by atoms with Crippen molar-refractivity contribution in [2.24, 2.45) is 0 Å². The Hall–Kier alpha value is -0.480. The average molecular weight is 252 g/mol. The van der Waals surface area contributed by atoms with E-state index in [0.717, 1.165) is 19.3 Å². The van der Waals surface area contributed by atoms with Gasteiger partial charge in [-0.2, -0.15) is 0 Å². The highest BCUT2D eigenvalue weighted by atomic mass is 16.2. The molecule has 1 N–H and O–H groups in total. The van der Waals surface area contributed by atoms with Crippen molar-refractivity contribution < 1.29 is 5.11 Å². The van der Waals surface area contributed by atoms with E-state index in [-0.39, 0.29) is 0 Å². The Morgan fingerprint density at radius 3 is 1.56 bits per heavy atom. The van der Waals surface area contributed by atoms with Crippen LogP contribution < -0.4 is 0 Å². The molecular weight excluding hydrogens is 220 g/mol. The van der Waals surface area contributed by atoms with Crippen LogP contribution in [0.2, 0.25) is 0 Å². The fourth-order valence-electron chi connectivity index (χ4n) is 2.03. The smallest absolute Gasteiger partial charge is 0.0431 e. The first kappa shape index (κ1) is 17.5. The highest BCUT2D eigenvalue weighted by Crippen LogP contribution is 2.09. The highest BCUT2D eigenvalue weighted by molar-refractivity contribution is 4.98. The van der Waals surface area contributed by atoms with Gasteiger partial charge in [0, 0.05) is 19.4 Å². The van der Waals surface area contributed by atoms with Gasteiger partial charge in [0.25, 0.3) is 0 Å². The molecule has 0 heterocycles. The van der Waals surface area contributed by atoms with E-state index in [1.165, 1.54) is 64.2 Å². The number of aliphatic hydroxyl groups is 1. The second-order valence-corrected chi connectivity index (χ2v) is 5.11. The molecule has 0 saturated carbocycles. The molecule has 0 spiro atoms. The first-order valence-corrected chi connectivity index (χ1v) is 7.98. The predicted molar refractivity (Wildman–Crippen MR) is 80.6 cm³/mol. The van der Waals surface area contributed by atoms with E-state index in [0.29, 0.717) is 6.61 Å². The van der Waals surface area contributed by atoms with Crippen LogP contribution in [-0.4, -0.2) is 11.7 Å². The van der Waals surface area contributed by atoms with Gasteiger partial charge >= 0.3 is 0 Å². The molecule has 0 aromatic heterocycles. The van der Waals surface area contributed by atoms with Gasteiger partial charge in [-0.3, -0.25) is 0 Å². The second-order valence-electron chi connectivity index (χ2n) is 5.11. The quantitative estimate of drug-likeness (QED) is 0.379. The SMILES string of the molecule is CCCCCC#CCCCCCCCCCCO. The lowest BCUT2D eigenvalue weighted by molar-refractivity contribution is 0.282. The van der Waals surface area contributed by atoms with Crippen molar-refractivity contribution in [3.05, 3.63) is 0 Å². The summed E-state index contributed by atoms with van der Waals surface area (Å²) in [5, 5.41) is 8.64. The Labute approximate surface area is 114 Å². The van der Waals surface area contributed by atoms with Crippen molar-refractivity contribution in [3.63, 3.8) is 0 Å². The van der Waals surface area contributed by atoms with Gasteiger partial charge in [0.1, 0.15) is 0 Å². The van der Waals surface area contributed by atoms with Gasteiger partial charge < -0.3 is 5.11 Å². The average Bonchev–Trinajstić information content (AvgIpc) is 2.39. The third kappa shape index (κ3) is 15.5. The molecule has 0 aliphatic carbocycles. The fraction of sp³-hybridized carbons (Fsp3) is 0.882. The van der Waals surface area contributed by atoms with E-state index in [4.69, 9.17) is 5.11 Å². The molecule has 0 aliphatic rings. The Morgan fingerprint density at radius 1 is 0.611 bits per heavy atom. The summed E-state index contributed by atoms with van der Waals surface area (Å²) in [5.74, 6) is 6.56. The number of hydrogen-bond acceptors (Lipinski definition) is 1. The van der Waals surface area contributed by atoms with Crippen LogP contribution in [0, 0.1) is 11.8 Å². The molecule has 1 heteroatoms. The molecule has 0 aliphatic heterocycles. The molecule has 0 aromatic rings. The first-order valence-electron chi connectivity index (χ1n) is 7.98. The van der Waals surface area contributed by atoms with Gasteiger partial charge in [0.15, 0.2) is 0 Å². The first-order chi connectivity index (χ1) is 8.91. The monoisotopic (exact) mass is 252 g/mol. The van der Waals surface area contributed by atoms with Gasteiger partial charge in [-0.05, 0) is 19.3 Å². The minimum atomic E-state index is 0.358. The molecule has 0 fully saturated rings. The predicted octanol–water partition coefficient (Wildman–Crippen LogP) is 5.07. The Balaban J connectivity index is 3.02. The number of rotatable bonds is 12. The summed E-state index contributed by atoms with van der Waals surface area (Å²) in [6, 6.07) is 0. The van der Waals surface area contributed by atoms with Crippen LogP contribution in [0.4, 0.5) is 0 Å². The van der Waals surface area contributed by atoms with Crippen molar-refractivity contribution in [1.29, 1.82) is 0 Å². The summed E-state index contributed by atoms with van der Waals surface area (Å²) in [4.78, 5) is 0. The number of aliphatic hydroxyl groups excluding tert-OH is 1. The molecule has 0 bridgehead atoms. The Kier molecular flexibility index (Phi) is 16.1. The molecule has 0 unspecified atom stereocenters. The lowest BCUT2D eigenvalue weighted by Gasteiger charge is -1.99. The minimum Gasteiger partial charge on any atom is -0.396 e. The topological polar surface area (TPSA) is 20.2 Å². The van der Waals surface area contributed by atoms with Crippen LogP contribution in [-0.2, 0) is 0 Å². The van der Waals surface area contributed by atoms with E-state index >= 15 is 0 Å². The summed E-state index contributed by atoms with van der Waals surface area (Å²) in [5.41, 5.74) is 0. The Bertz CT molecular complexity index is 199. The van der Waals surface area contributed by atoms with Crippen LogP contribution in [0.5, 0.6) is 0 Å². The zero-order valence-corrected chi connectivity index (χ0v) is 12.3. The van der Waals surface area contributed by atoms with E-state index in [1.807, 2.05) is 0 Å². The van der Waals surface area contributed by atoms with E-state index in [9.17, 15) is 0 Å². The van der Waals surface area contributed by atoms with Crippen LogP contribution in [0.25, 0.3) is 0 Å². The molecule has 0 radical (unpaired) electrons. The van der Waals surface area contributed by atoms with Crippen LogP contribution in [0.3, 0.4) is 0 Å². The van der Waals surface area contributed by atoms with E-state index < -0.39 is 0 Å². The van der Waals surface area contributed by atoms with Crippen molar-refractivity contribution in [1.82, 2.24) is 0 Å². The highest BCUT2D eigenvalue weighted by Gasteiger charge is 1.91. The molecule has 0 rings (SSSR count). The molecule has 106 valence electrons. The van der Waals surface area contributed by atoms with Gasteiger partial charge in [-0.25, -0.2) is 0 Å². The van der Waals surface area contributed by atoms with Gasteiger partial charge in [0.2, 0.25) is 0 Å². The van der Waals surface area contributed by atoms with E-state index in [1.54, 1.807) is 0 Å². The summed E-state index contributed by atoms with van der Waals surface area (Å²) < 4.78 is 0. The van der Waals surface area contributed by atoms with E-state index in [2.05, 4.69) is 18.8 Å². The third-order valence-corrected chi connectivity index (χ3v) is 3.24. The third-order valence-electron chi connectivity index (χ3n) is 3.24. The molecule has 1 nitrogen and oxygen atoms in total. The number of hydrogen-bond donors (Lipinski definition) is 1. The van der Waals surface area contributed by atoms with Crippen LogP contribution >= 0.6 is 0 Å². The van der Waals surface area contributed by atoms with Crippen molar-refractivity contribution in [2.75, 3.05) is 6.61 Å². The fourth-order valence-corrected chi connectivity index (χ4v) is 2.03. The van der Waals surface area contributed by atoms with Crippen LogP contribution in [0.1, 0.15) is 90.4 Å². The Morgan fingerprint density at radius 2 is 1.06 bits per heavy atom.